The second-order valence-electron chi connectivity index (χ2n) is 8.60. The fraction of sp³-hybridized carbons (Fsp3) is 0.480. The molecule has 2 atom stereocenters. The van der Waals surface area contributed by atoms with Crippen LogP contribution in [0.3, 0.4) is 0 Å². The summed E-state index contributed by atoms with van der Waals surface area (Å²) < 4.78 is 10.5. The fourth-order valence-corrected chi connectivity index (χ4v) is 4.58. The molecule has 7 heteroatoms. The Hall–Kier alpha value is -2.61. The molecule has 0 aliphatic carbocycles. The number of carbonyl (C=O) groups is 1. The number of rotatable bonds is 8. The van der Waals surface area contributed by atoms with Crippen LogP contribution in [-0.4, -0.2) is 50.3 Å². The predicted octanol–water partition coefficient (Wildman–Crippen LogP) is 2.78. The Morgan fingerprint density at radius 2 is 1.78 bits per heavy atom. The highest BCUT2D eigenvalue weighted by Gasteiger charge is 2.32. The van der Waals surface area contributed by atoms with Crippen molar-refractivity contribution in [3.8, 4) is 11.5 Å². The zero-order chi connectivity index (χ0) is 22.3. The first-order valence-corrected chi connectivity index (χ1v) is 11.5. The number of nitrogens with zero attached hydrogens (tertiary/aromatic N) is 1. The molecule has 2 heterocycles. The van der Waals surface area contributed by atoms with E-state index in [4.69, 9.17) is 9.47 Å². The van der Waals surface area contributed by atoms with Crippen LogP contribution in [0.15, 0.2) is 48.5 Å². The van der Waals surface area contributed by atoms with Crippen LogP contribution in [0, 0.1) is 0 Å². The van der Waals surface area contributed by atoms with Crippen molar-refractivity contribution >= 4 is 5.91 Å². The molecule has 32 heavy (non-hydrogen) atoms. The van der Waals surface area contributed by atoms with Crippen molar-refractivity contribution in [2.45, 2.75) is 50.4 Å². The van der Waals surface area contributed by atoms with Gasteiger partial charge in [0.15, 0.2) is 0 Å². The van der Waals surface area contributed by atoms with Gasteiger partial charge < -0.3 is 14.8 Å². The maximum atomic E-state index is 12.4. The number of piperidine rings is 1. The second kappa shape index (κ2) is 10.8. The van der Waals surface area contributed by atoms with Crippen LogP contribution in [0.2, 0.25) is 0 Å². The largest absolute Gasteiger partial charge is 0.497 e. The summed E-state index contributed by atoms with van der Waals surface area (Å²) in [6, 6.07) is 16.7. The normalized spacial score (nSPS) is 21.9. The van der Waals surface area contributed by atoms with Gasteiger partial charge >= 0.3 is 0 Å². The quantitative estimate of drug-likeness (QED) is 0.589. The highest BCUT2D eigenvalue weighted by Crippen LogP contribution is 2.27. The van der Waals surface area contributed by atoms with Gasteiger partial charge in [0.1, 0.15) is 11.5 Å². The van der Waals surface area contributed by atoms with E-state index in [0.29, 0.717) is 18.6 Å². The topological polar surface area (TPSA) is 74.9 Å². The van der Waals surface area contributed by atoms with Crippen molar-refractivity contribution in [1.82, 2.24) is 21.1 Å². The molecule has 3 N–H and O–H groups in total. The number of benzene rings is 2. The Bertz CT molecular complexity index is 881. The average molecular weight is 439 g/mol. The summed E-state index contributed by atoms with van der Waals surface area (Å²) in [5.74, 6) is 1.84. The lowest BCUT2D eigenvalue weighted by molar-refractivity contribution is -0.122. The van der Waals surface area contributed by atoms with Gasteiger partial charge in [0.25, 0.3) is 0 Å². The summed E-state index contributed by atoms with van der Waals surface area (Å²) in [5.41, 5.74) is 9.27. The first-order valence-electron chi connectivity index (χ1n) is 11.5. The van der Waals surface area contributed by atoms with Crippen LogP contribution < -0.4 is 25.6 Å². The zero-order valence-electron chi connectivity index (χ0n) is 19.0. The molecule has 1 amide bonds. The van der Waals surface area contributed by atoms with Gasteiger partial charge in [0, 0.05) is 31.6 Å². The van der Waals surface area contributed by atoms with E-state index in [0.717, 1.165) is 55.8 Å². The Labute approximate surface area is 190 Å². The van der Waals surface area contributed by atoms with Crippen molar-refractivity contribution in [1.29, 1.82) is 0 Å². The summed E-state index contributed by atoms with van der Waals surface area (Å²) in [5, 5.41) is 3.23. The summed E-state index contributed by atoms with van der Waals surface area (Å²) in [6.07, 6.45) is 4.53. The van der Waals surface area contributed by atoms with E-state index < -0.39 is 0 Å². The molecule has 0 radical (unpaired) electrons. The molecule has 2 unspecified atom stereocenters. The summed E-state index contributed by atoms with van der Waals surface area (Å²) in [6.45, 7) is 1.96. The third kappa shape index (κ3) is 5.79. The first-order chi connectivity index (χ1) is 15.6. The summed E-state index contributed by atoms with van der Waals surface area (Å²) in [7, 11) is 3.35. The summed E-state index contributed by atoms with van der Waals surface area (Å²) >= 11 is 0. The number of hydrazine groups is 1. The van der Waals surface area contributed by atoms with Gasteiger partial charge in [-0.1, -0.05) is 24.3 Å². The molecule has 0 spiro atoms. The SMILES string of the molecule is COc1ccc(C2CC(N3CCC(NC(=O)CCc4cccc(OC)c4)CC3)NN2)cc1. The van der Waals surface area contributed by atoms with Crippen LogP contribution in [0.1, 0.15) is 42.9 Å². The van der Waals surface area contributed by atoms with Crippen LogP contribution in [0.5, 0.6) is 11.5 Å². The Morgan fingerprint density at radius 3 is 2.50 bits per heavy atom. The van der Waals surface area contributed by atoms with Gasteiger partial charge in [-0.15, -0.1) is 0 Å². The number of nitrogens with one attached hydrogen (secondary N) is 3. The molecule has 0 bridgehead atoms. The number of methoxy groups -OCH3 is 2. The molecule has 7 nitrogen and oxygen atoms in total. The molecule has 2 aromatic rings. The van der Waals surface area contributed by atoms with E-state index >= 15 is 0 Å². The van der Waals surface area contributed by atoms with Crippen molar-refractivity contribution < 1.29 is 14.3 Å². The van der Waals surface area contributed by atoms with Gasteiger partial charge in [0.2, 0.25) is 5.91 Å². The molecular formula is C25H34N4O3. The molecule has 2 aliphatic rings. The molecule has 0 aromatic heterocycles. The maximum absolute atomic E-state index is 12.4. The molecule has 2 aromatic carbocycles. The fourth-order valence-electron chi connectivity index (χ4n) is 4.58. The van der Waals surface area contributed by atoms with Crippen LogP contribution in [0.25, 0.3) is 0 Å². The van der Waals surface area contributed by atoms with E-state index in [1.807, 2.05) is 36.4 Å². The highest BCUT2D eigenvalue weighted by atomic mass is 16.5. The standard InChI is InChI=1S/C25H34N4O3/c1-31-21-9-7-19(8-10-21)23-17-24(28-27-23)29-14-12-20(13-15-29)26-25(30)11-6-18-4-3-5-22(16-18)32-2/h3-5,7-10,16,20,23-24,27-28H,6,11-15,17H2,1-2H3,(H,26,30). The lowest BCUT2D eigenvalue weighted by atomic mass is 10.0. The Balaban J connectivity index is 1.18. The molecule has 2 fully saturated rings. The monoisotopic (exact) mass is 438 g/mol. The molecule has 4 rings (SSSR count). The van der Waals surface area contributed by atoms with Crippen molar-refractivity contribution in [2.24, 2.45) is 0 Å². The third-order valence-electron chi connectivity index (χ3n) is 6.51. The van der Waals surface area contributed by atoms with E-state index in [2.05, 4.69) is 33.2 Å². The second-order valence-corrected chi connectivity index (χ2v) is 8.60. The lowest BCUT2D eigenvalue weighted by Crippen LogP contribution is -2.51. The third-order valence-corrected chi connectivity index (χ3v) is 6.51. The zero-order valence-corrected chi connectivity index (χ0v) is 19.0. The van der Waals surface area contributed by atoms with E-state index in [1.54, 1.807) is 14.2 Å². The van der Waals surface area contributed by atoms with Gasteiger partial charge in [-0.05, 0) is 61.1 Å². The van der Waals surface area contributed by atoms with E-state index in [1.165, 1.54) is 5.56 Å². The van der Waals surface area contributed by atoms with Gasteiger partial charge in [0.05, 0.1) is 20.4 Å². The van der Waals surface area contributed by atoms with Crippen LogP contribution >= 0.6 is 0 Å². The minimum atomic E-state index is 0.131. The molecule has 2 saturated heterocycles. The number of amides is 1. The first kappa shape index (κ1) is 22.6. The molecule has 0 saturated carbocycles. The van der Waals surface area contributed by atoms with Gasteiger partial charge in [-0.2, -0.15) is 0 Å². The Kier molecular flexibility index (Phi) is 7.63. The van der Waals surface area contributed by atoms with Crippen molar-refractivity contribution in [2.75, 3.05) is 27.3 Å². The number of likely N-dealkylation sites (tertiary alicyclic amines) is 1. The van der Waals surface area contributed by atoms with Gasteiger partial charge in [-0.25, -0.2) is 10.9 Å². The maximum Gasteiger partial charge on any atom is 0.220 e. The lowest BCUT2D eigenvalue weighted by Gasteiger charge is -2.35. The Morgan fingerprint density at radius 1 is 1.03 bits per heavy atom. The molecule has 2 aliphatic heterocycles. The number of hydrogen-bond acceptors (Lipinski definition) is 6. The van der Waals surface area contributed by atoms with Crippen LogP contribution in [0.4, 0.5) is 0 Å². The van der Waals surface area contributed by atoms with Gasteiger partial charge in [-0.3, -0.25) is 9.69 Å². The van der Waals surface area contributed by atoms with Crippen molar-refractivity contribution in [3.05, 3.63) is 59.7 Å². The summed E-state index contributed by atoms with van der Waals surface area (Å²) in [4.78, 5) is 14.9. The minimum Gasteiger partial charge on any atom is -0.497 e. The number of carbonyl (C=O) groups excluding carboxylic acids is 1. The van der Waals surface area contributed by atoms with Crippen molar-refractivity contribution in [3.63, 3.8) is 0 Å². The average Bonchev–Trinajstić information content (AvgIpc) is 3.34. The van der Waals surface area contributed by atoms with E-state index in [-0.39, 0.29) is 11.9 Å². The number of aryl methyl sites for hydroxylation is 1. The minimum absolute atomic E-state index is 0.131. The predicted molar refractivity (Wildman–Crippen MR) is 124 cm³/mol. The molecule has 172 valence electrons. The molecular weight excluding hydrogens is 404 g/mol. The smallest absolute Gasteiger partial charge is 0.220 e. The van der Waals surface area contributed by atoms with E-state index in [9.17, 15) is 4.79 Å². The number of ether oxygens (including phenoxy) is 2. The highest BCUT2D eigenvalue weighted by molar-refractivity contribution is 5.76. The van der Waals surface area contributed by atoms with Crippen LogP contribution in [-0.2, 0) is 11.2 Å². The number of hydrogen-bond donors (Lipinski definition) is 3.